The Kier molecular flexibility index (Phi) is 6.29. The molecule has 4 heterocycles. The summed E-state index contributed by atoms with van der Waals surface area (Å²) < 4.78 is 7.46. The van der Waals surface area contributed by atoms with E-state index in [4.69, 9.17) is 9.97 Å². The Balaban J connectivity index is 1.17. The molecule has 0 aliphatic rings. The minimum absolute atomic E-state index is 0.736. The van der Waals surface area contributed by atoms with Crippen LogP contribution < -0.4 is 0 Å². The van der Waals surface area contributed by atoms with E-state index >= 15 is 0 Å². The van der Waals surface area contributed by atoms with Gasteiger partial charge in [-0.15, -0.1) is 22.7 Å². The number of para-hydroxylation sites is 2. The highest BCUT2D eigenvalue weighted by molar-refractivity contribution is 7.27. The van der Waals surface area contributed by atoms with Crippen molar-refractivity contribution in [2.24, 2.45) is 0 Å². The van der Waals surface area contributed by atoms with Gasteiger partial charge in [-0.05, 0) is 42.5 Å². The highest BCUT2D eigenvalue weighted by Gasteiger charge is 2.20. The molecular formula is C46H27N3S2. The topological polar surface area (TPSA) is 30.7 Å². The number of benzene rings is 7. The average molecular weight is 686 g/mol. The highest BCUT2D eigenvalue weighted by atomic mass is 32.1. The molecule has 4 aromatic heterocycles. The van der Waals surface area contributed by atoms with Gasteiger partial charge in [0.25, 0.3) is 0 Å². The lowest BCUT2D eigenvalue weighted by Crippen LogP contribution is -1.96. The monoisotopic (exact) mass is 685 g/mol. The molecule has 0 atom stereocenters. The summed E-state index contributed by atoms with van der Waals surface area (Å²) in [7, 11) is 0. The second-order valence-corrected chi connectivity index (χ2v) is 15.1. The molecule has 0 aliphatic heterocycles. The maximum absolute atomic E-state index is 5.34. The van der Waals surface area contributed by atoms with Crippen LogP contribution in [0.4, 0.5) is 0 Å². The van der Waals surface area contributed by atoms with Crippen LogP contribution in [-0.2, 0) is 0 Å². The molecule has 11 aromatic rings. The number of hydrogen-bond acceptors (Lipinski definition) is 4. The van der Waals surface area contributed by atoms with Crippen molar-refractivity contribution in [1.29, 1.82) is 0 Å². The fourth-order valence-corrected chi connectivity index (χ4v) is 10.2. The third kappa shape index (κ3) is 4.42. The molecule has 0 bridgehead atoms. The summed E-state index contributed by atoms with van der Waals surface area (Å²) in [6.07, 6.45) is 0. The lowest BCUT2D eigenvalue weighted by atomic mass is 10.0. The quantitative estimate of drug-likeness (QED) is 0.185. The first-order chi connectivity index (χ1) is 25.3. The van der Waals surface area contributed by atoms with Gasteiger partial charge < -0.3 is 4.57 Å². The van der Waals surface area contributed by atoms with Crippen molar-refractivity contribution in [3.05, 3.63) is 164 Å². The number of nitrogens with zero attached hydrogens (tertiary/aromatic N) is 3. The third-order valence-electron chi connectivity index (χ3n) is 10.0. The molecule has 0 unspecified atom stereocenters. The Labute approximate surface area is 301 Å². The second-order valence-electron chi connectivity index (χ2n) is 12.9. The lowest BCUT2D eigenvalue weighted by molar-refractivity contribution is 1.19. The molecule has 238 valence electrons. The van der Waals surface area contributed by atoms with Gasteiger partial charge >= 0.3 is 0 Å². The minimum atomic E-state index is 0.736. The Hall–Kier alpha value is -6.14. The molecule has 3 nitrogen and oxygen atoms in total. The standard InChI is InChI=1S/C46H27N3S2/c1-3-12-28(13-4-1)38-27-39(29-22-23-33-32-17-8-10-21-41(32)50-42(33)26-29)48-46(47-38)37-19-11-18-35-36-25-24-34-31-16-7-9-20-40(31)49(30-14-5-2-6-15-30)43(34)45(36)51-44(35)37/h1-27H. The van der Waals surface area contributed by atoms with E-state index < -0.39 is 0 Å². The van der Waals surface area contributed by atoms with Crippen LogP contribution in [-0.4, -0.2) is 14.5 Å². The number of hydrogen-bond donors (Lipinski definition) is 0. The van der Waals surface area contributed by atoms with E-state index in [1.807, 2.05) is 22.7 Å². The molecular weight excluding hydrogens is 659 g/mol. The van der Waals surface area contributed by atoms with Crippen LogP contribution in [0.5, 0.6) is 0 Å². The van der Waals surface area contributed by atoms with Crippen molar-refractivity contribution in [1.82, 2.24) is 14.5 Å². The second kappa shape index (κ2) is 11.2. The fraction of sp³-hybridized carbons (Fsp3) is 0. The first-order valence-corrected chi connectivity index (χ1v) is 18.7. The van der Waals surface area contributed by atoms with E-state index in [-0.39, 0.29) is 0 Å². The van der Waals surface area contributed by atoms with E-state index in [9.17, 15) is 0 Å². The van der Waals surface area contributed by atoms with Crippen molar-refractivity contribution in [3.8, 4) is 39.6 Å². The van der Waals surface area contributed by atoms with E-state index in [2.05, 4.69) is 168 Å². The number of aromatic nitrogens is 3. The van der Waals surface area contributed by atoms with Gasteiger partial charge in [-0.3, -0.25) is 0 Å². The summed E-state index contributed by atoms with van der Waals surface area (Å²) in [4.78, 5) is 10.6. The largest absolute Gasteiger partial charge is 0.308 e. The molecule has 0 radical (unpaired) electrons. The normalized spacial score (nSPS) is 11.9. The Morgan fingerprint density at radius 2 is 1.06 bits per heavy atom. The molecule has 0 fully saturated rings. The highest BCUT2D eigenvalue weighted by Crippen LogP contribution is 2.46. The lowest BCUT2D eigenvalue weighted by Gasteiger charge is -2.10. The molecule has 0 saturated heterocycles. The average Bonchev–Trinajstić information content (AvgIpc) is 3.88. The maximum atomic E-state index is 5.34. The van der Waals surface area contributed by atoms with Crippen LogP contribution >= 0.6 is 22.7 Å². The molecule has 0 spiro atoms. The summed E-state index contributed by atoms with van der Waals surface area (Å²) in [6.45, 7) is 0. The SMILES string of the molecule is c1ccc(-c2cc(-c3ccc4c(c3)sc3ccccc34)nc(-c3cccc4c3sc3c4ccc4c5ccccc5n(-c5ccccc5)c43)n2)cc1. The van der Waals surface area contributed by atoms with Gasteiger partial charge in [0.05, 0.1) is 27.1 Å². The summed E-state index contributed by atoms with van der Waals surface area (Å²) in [5.74, 6) is 0.736. The summed E-state index contributed by atoms with van der Waals surface area (Å²) in [5, 5.41) is 7.58. The fourth-order valence-electron chi connectivity index (χ4n) is 7.68. The van der Waals surface area contributed by atoms with Crippen LogP contribution in [0.25, 0.3) is 102 Å². The van der Waals surface area contributed by atoms with Gasteiger partial charge in [0.15, 0.2) is 5.82 Å². The van der Waals surface area contributed by atoms with Crippen molar-refractivity contribution in [3.63, 3.8) is 0 Å². The predicted molar refractivity (Wildman–Crippen MR) is 218 cm³/mol. The van der Waals surface area contributed by atoms with Crippen molar-refractivity contribution >= 4 is 84.8 Å². The van der Waals surface area contributed by atoms with Gasteiger partial charge in [0, 0.05) is 68.8 Å². The molecule has 0 saturated carbocycles. The number of thiophene rings is 2. The van der Waals surface area contributed by atoms with E-state index in [1.165, 1.54) is 62.2 Å². The van der Waals surface area contributed by atoms with Gasteiger partial charge in [0.2, 0.25) is 0 Å². The van der Waals surface area contributed by atoms with Crippen LogP contribution in [0.2, 0.25) is 0 Å². The van der Waals surface area contributed by atoms with Crippen LogP contribution in [0, 0.1) is 0 Å². The molecule has 51 heavy (non-hydrogen) atoms. The van der Waals surface area contributed by atoms with Crippen molar-refractivity contribution in [2.75, 3.05) is 0 Å². The minimum Gasteiger partial charge on any atom is -0.308 e. The molecule has 11 rings (SSSR count). The van der Waals surface area contributed by atoms with Crippen molar-refractivity contribution < 1.29 is 0 Å². The van der Waals surface area contributed by atoms with E-state index in [1.54, 1.807) is 0 Å². The zero-order chi connectivity index (χ0) is 33.5. The Morgan fingerprint density at radius 1 is 0.412 bits per heavy atom. The molecule has 5 heteroatoms. The van der Waals surface area contributed by atoms with Gasteiger partial charge in [-0.25, -0.2) is 9.97 Å². The Morgan fingerprint density at radius 3 is 1.92 bits per heavy atom. The molecule has 0 amide bonds. The van der Waals surface area contributed by atoms with Gasteiger partial charge in [-0.2, -0.15) is 0 Å². The summed E-state index contributed by atoms with van der Waals surface area (Å²) in [6, 6.07) is 58.6. The molecule has 7 aromatic carbocycles. The van der Waals surface area contributed by atoms with Crippen molar-refractivity contribution in [2.45, 2.75) is 0 Å². The van der Waals surface area contributed by atoms with Crippen LogP contribution in [0.1, 0.15) is 0 Å². The summed E-state index contributed by atoms with van der Waals surface area (Å²) in [5.41, 5.74) is 8.65. The maximum Gasteiger partial charge on any atom is 0.161 e. The first kappa shape index (κ1) is 28.7. The van der Waals surface area contributed by atoms with E-state index in [0.717, 1.165) is 39.6 Å². The van der Waals surface area contributed by atoms with Crippen LogP contribution in [0.15, 0.2) is 164 Å². The number of rotatable bonds is 4. The predicted octanol–water partition coefficient (Wildman–Crippen LogP) is 13.3. The zero-order valence-corrected chi connectivity index (χ0v) is 28.9. The van der Waals surface area contributed by atoms with E-state index in [0.29, 0.717) is 0 Å². The van der Waals surface area contributed by atoms with Crippen LogP contribution in [0.3, 0.4) is 0 Å². The zero-order valence-electron chi connectivity index (χ0n) is 27.2. The summed E-state index contributed by atoms with van der Waals surface area (Å²) >= 11 is 3.68. The van der Waals surface area contributed by atoms with Gasteiger partial charge in [-0.1, -0.05) is 121 Å². The molecule has 0 N–H and O–H groups in total. The third-order valence-corrected chi connectivity index (χ3v) is 12.4. The Bertz CT molecular complexity index is 3130. The molecule has 0 aliphatic carbocycles. The smallest absolute Gasteiger partial charge is 0.161 e. The first-order valence-electron chi connectivity index (χ1n) is 17.1. The number of fused-ring (bicyclic) bond motifs is 10. The van der Waals surface area contributed by atoms with Gasteiger partial charge in [0.1, 0.15) is 0 Å².